The highest BCUT2D eigenvalue weighted by Gasteiger charge is 2.30. The smallest absolute Gasteiger partial charge is 0.308 e. The van der Waals surface area contributed by atoms with Gasteiger partial charge in [0, 0.05) is 36.3 Å². The van der Waals surface area contributed by atoms with Crippen LogP contribution >= 0.6 is 0 Å². The quantitative estimate of drug-likeness (QED) is 0.745. The number of hydrogen-bond acceptors (Lipinski definition) is 3. The van der Waals surface area contributed by atoms with E-state index in [1.54, 1.807) is 0 Å². The third kappa shape index (κ3) is 3.56. The molecule has 0 saturated carbocycles. The average Bonchev–Trinajstić information content (AvgIpc) is 2.98. The van der Waals surface area contributed by atoms with E-state index in [0.717, 1.165) is 28.7 Å². The van der Waals surface area contributed by atoms with Crippen LogP contribution in [0.4, 0.5) is 13.2 Å². The Morgan fingerprint density at radius 1 is 1.21 bits per heavy atom. The van der Waals surface area contributed by atoms with Crippen molar-refractivity contribution in [1.82, 2.24) is 20.5 Å². The molecule has 1 aromatic carbocycles. The van der Waals surface area contributed by atoms with Crippen molar-refractivity contribution in [3.05, 3.63) is 59.5 Å². The second kappa shape index (κ2) is 6.60. The van der Waals surface area contributed by atoms with Crippen LogP contribution in [0.5, 0.6) is 0 Å². The Bertz CT molecular complexity index is 826. The lowest BCUT2D eigenvalue weighted by atomic mass is 10.1. The van der Waals surface area contributed by atoms with Gasteiger partial charge in [-0.15, -0.1) is 0 Å². The summed E-state index contributed by atoms with van der Waals surface area (Å²) in [7, 11) is 0. The highest BCUT2D eigenvalue weighted by atomic mass is 19.4. The molecule has 2 heterocycles. The number of pyridine rings is 1. The van der Waals surface area contributed by atoms with Crippen LogP contribution in [0.25, 0.3) is 10.9 Å². The summed E-state index contributed by atoms with van der Waals surface area (Å²) in [6.07, 6.45) is -2.72. The number of para-hydroxylation sites is 1. The van der Waals surface area contributed by atoms with Gasteiger partial charge in [0.15, 0.2) is 0 Å². The Hall–Kier alpha value is -2.41. The highest BCUT2D eigenvalue weighted by molar-refractivity contribution is 5.81. The van der Waals surface area contributed by atoms with Gasteiger partial charge in [-0.2, -0.15) is 18.3 Å². The first kappa shape index (κ1) is 16.4. The molecule has 126 valence electrons. The number of rotatable bonds is 5. The topological polar surface area (TPSA) is 53.6 Å². The van der Waals surface area contributed by atoms with E-state index in [0.29, 0.717) is 18.7 Å². The average molecular weight is 334 g/mol. The number of nitrogens with one attached hydrogen (secondary N) is 2. The molecule has 3 rings (SSSR count). The molecule has 2 N–H and O–H groups in total. The molecule has 0 spiro atoms. The second-order valence-corrected chi connectivity index (χ2v) is 5.61. The van der Waals surface area contributed by atoms with Gasteiger partial charge in [-0.05, 0) is 25.1 Å². The summed E-state index contributed by atoms with van der Waals surface area (Å²) in [5.74, 6) is 0. The maximum atomic E-state index is 12.7. The Morgan fingerprint density at radius 3 is 2.79 bits per heavy atom. The minimum Gasteiger partial charge on any atom is -0.308 e. The maximum absolute atomic E-state index is 12.7. The van der Waals surface area contributed by atoms with Crippen molar-refractivity contribution in [1.29, 1.82) is 0 Å². The molecule has 4 nitrogen and oxygen atoms in total. The van der Waals surface area contributed by atoms with Gasteiger partial charge in [0.2, 0.25) is 0 Å². The van der Waals surface area contributed by atoms with Gasteiger partial charge in [-0.1, -0.05) is 18.2 Å². The van der Waals surface area contributed by atoms with Crippen molar-refractivity contribution in [3.63, 3.8) is 0 Å². The summed E-state index contributed by atoms with van der Waals surface area (Å²) in [5, 5.41) is 11.6. The van der Waals surface area contributed by atoms with Crippen LogP contribution in [0, 0.1) is 0 Å². The van der Waals surface area contributed by atoms with E-state index in [-0.39, 0.29) is 6.04 Å². The van der Waals surface area contributed by atoms with E-state index in [9.17, 15) is 13.2 Å². The largest absolute Gasteiger partial charge is 0.416 e. The van der Waals surface area contributed by atoms with Crippen LogP contribution in [0.3, 0.4) is 0 Å². The van der Waals surface area contributed by atoms with Gasteiger partial charge in [-0.25, -0.2) is 0 Å². The van der Waals surface area contributed by atoms with Crippen molar-refractivity contribution < 1.29 is 13.2 Å². The summed E-state index contributed by atoms with van der Waals surface area (Å²) in [6.45, 7) is 2.50. The SMILES string of the molecule is CC(NCCc1cc(C(F)(F)F)ccn1)c1[nH]nc2ccccc12. The predicted octanol–water partition coefficient (Wildman–Crippen LogP) is 3.87. The lowest BCUT2D eigenvalue weighted by Gasteiger charge is -2.13. The van der Waals surface area contributed by atoms with E-state index in [4.69, 9.17) is 0 Å². The summed E-state index contributed by atoms with van der Waals surface area (Å²) in [6, 6.07) is 9.86. The molecule has 24 heavy (non-hydrogen) atoms. The number of nitrogens with zero attached hydrogens (tertiary/aromatic N) is 2. The number of halogens is 3. The molecule has 0 bridgehead atoms. The first-order valence-corrected chi connectivity index (χ1v) is 7.63. The van der Waals surface area contributed by atoms with E-state index in [2.05, 4.69) is 20.5 Å². The molecule has 3 aromatic rings. The summed E-state index contributed by atoms with van der Waals surface area (Å²) in [5.41, 5.74) is 1.60. The minimum absolute atomic E-state index is 0.00296. The molecule has 1 unspecified atom stereocenters. The predicted molar refractivity (Wildman–Crippen MR) is 85.5 cm³/mol. The number of aromatic amines is 1. The van der Waals surface area contributed by atoms with Crippen molar-refractivity contribution in [3.8, 4) is 0 Å². The first-order chi connectivity index (χ1) is 11.4. The lowest BCUT2D eigenvalue weighted by Crippen LogP contribution is -2.22. The zero-order valence-corrected chi connectivity index (χ0v) is 13.1. The van der Waals surface area contributed by atoms with Crippen molar-refractivity contribution in [2.45, 2.75) is 25.6 Å². The molecule has 0 aliphatic carbocycles. The Morgan fingerprint density at radius 2 is 2.00 bits per heavy atom. The van der Waals surface area contributed by atoms with Gasteiger partial charge >= 0.3 is 6.18 Å². The zero-order valence-electron chi connectivity index (χ0n) is 13.1. The van der Waals surface area contributed by atoms with Crippen LogP contribution in [0.15, 0.2) is 42.6 Å². The third-order valence-electron chi connectivity index (χ3n) is 3.90. The van der Waals surface area contributed by atoms with Crippen molar-refractivity contribution >= 4 is 10.9 Å². The van der Waals surface area contributed by atoms with E-state index >= 15 is 0 Å². The van der Waals surface area contributed by atoms with Crippen LogP contribution in [-0.2, 0) is 12.6 Å². The van der Waals surface area contributed by atoms with Gasteiger partial charge in [-0.3, -0.25) is 10.1 Å². The molecule has 0 radical (unpaired) electrons. The molecule has 0 amide bonds. The monoisotopic (exact) mass is 334 g/mol. The molecular weight excluding hydrogens is 317 g/mol. The fourth-order valence-electron chi connectivity index (χ4n) is 2.62. The van der Waals surface area contributed by atoms with Gasteiger partial charge in [0.1, 0.15) is 0 Å². The summed E-state index contributed by atoms with van der Waals surface area (Å²) < 4.78 is 38.1. The zero-order chi connectivity index (χ0) is 17.2. The number of fused-ring (bicyclic) bond motifs is 1. The van der Waals surface area contributed by atoms with Gasteiger partial charge < -0.3 is 5.32 Å². The molecule has 2 aromatic heterocycles. The van der Waals surface area contributed by atoms with Gasteiger partial charge in [0.25, 0.3) is 0 Å². The second-order valence-electron chi connectivity index (χ2n) is 5.61. The van der Waals surface area contributed by atoms with E-state index in [1.165, 1.54) is 6.20 Å². The van der Waals surface area contributed by atoms with Crippen LogP contribution in [0.1, 0.15) is 29.9 Å². The Kier molecular flexibility index (Phi) is 4.53. The van der Waals surface area contributed by atoms with Crippen LogP contribution in [0.2, 0.25) is 0 Å². The van der Waals surface area contributed by atoms with Crippen molar-refractivity contribution in [2.75, 3.05) is 6.54 Å². The van der Waals surface area contributed by atoms with Gasteiger partial charge in [0.05, 0.1) is 16.8 Å². The Balaban J connectivity index is 1.62. The summed E-state index contributed by atoms with van der Waals surface area (Å²) in [4.78, 5) is 4.00. The normalized spacial score (nSPS) is 13.3. The van der Waals surface area contributed by atoms with E-state index in [1.807, 2.05) is 31.2 Å². The summed E-state index contributed by atoms with van der Waals surface area (Å²) >= 11 is 0. The number of alkyl halides is 3. The number of hydrogen-bond donors (Lipinski definition) is 2. The molecular formula is C17H17F3N4. The number of benzene rings is 1. The minimum atomic E-state index is -4.34. The lowest BCUT2D eigenvalue weighted by molar-refractivity contribution is -0.137. The standard InChI is InChI=1S/C17H17F3N4/c1-11(16-14-4-2-3-5-15(14)23-24-16)21-9-7-13-10-12(6-8-22-13)17(18,19)20/h2-6,8,10-11,21H,7,9H2,1H3,(H,23,24). The molecule has 0 saturated heterocycles. The molecule has 0 fully saturated rings. The number of aromatic nitrogens is 3. The van der Waals surface area contributed by atoms with Crippen molar-refractivity contribution in [2.24, 2.45) is 0 Å². The molecule has 1 atom stereocenters. The molecule has 0 aliphatic heterocycles. The van der Waals surface area contributed by atoms with Crippen LogP contribution in [-0.4, -0.2) is 21.7 Å². The molecule has 7 heteroatoms. The molecule has 0 aliphatic rings. The fraction of sp³-hybridized carbons (Fsp3) is 0.294. The maximum Gasteiger partial charge on any atom is 0.416 e. The number of H-pyrrole nitrogens is 1. The van der Waals surface area contributed by atoms with Crippen LogP contribution < -0.4 is 5.32 Å². The van der Waals surface area contributed by atoms with E-state index < -0.39 is 11.7 Å². The fourth-order valence-corrected chi connectivity index (χ4v) is 2.62. The third-order valence-corrected chi connectivity index (χ3v) is 3.90. The highest BCUT2D eigenvalue weighted by Crippen LogP contribution is 2.29. The Labute approximate surface area is 137 Å². The first-order valence-electron chi connectivity index (χ1n) is 7.63.